The summed E-state index contributed by atoms with van der Waals surface area (Å²) in [6, 6.07) is 14.9. The number of aryl methyl sites for hydroxylation is 1. The van der Waals surface area contributed by atoms with Gasteiger partial charge in [-0.05, 0) is 68.1 Å². The maximum Gasteiger partial charge on any atom is 0.227 e. The lowest BCUT2D eigenvalue weighted by atomic mass is 10.1. The fraction of sp³-hybridized carbons (Fsp3) is 0.385. The molecule has 1 saturated carbocycles. The molecular weight excluding hydrogens is 438 g/mol. The van der Waals surface area contributed by atoms with Crippen LogP contribution in [0.2, 0.25) is 5.02 Å². The molecular formula is C26H30ClN3O3. The predicted molar refractivity (Wildman–Crippen MR) is 129 cm³/mol. The highest BCUT2D eigenvalue weighted by Crippen LogP contribution is 2.35. The molecule has 0 aliphatic heterocycles. The van der Waals surface area contributed by atoms with Crippen molar-refractivity contribution in [3.05, 3.63) is 64.8 Å². The number of aromatic nitrogens is 2. The zero-order valence-electron chi connectivity index (χ0n) is 19.5. The predicted octanol–water partition coefficient (Wildman–Crippen LogP) is 6.03. The molecule has 33 heavy (non-hydrogen) atoms. The second kappa shape index (κ2) is 9.87. The molecule has 2 aromatic carbocycles. The van der Waals surface area contributed by atoms with E-state index < -0.39 is 0 Å². The van der Waals surface area contributed by atoms with Crippen LogP contribution >= 0.6 is 11.6 Å². The normalized spacial score (nSPS) is 13.3. The Morgan fingerprint density at radius 3 is 2.48 bits per heavy atom. The summed E-state index contributed by atoms with van der Waals surface area (Å²) in [4.78, 5) is 15.0. The van der Waals surface area contributed by atoms with Gasteiger partial charge in [-0.25, -0.2) is 4.68 Å². The number of hydrogen-bond donors (Lipinski definition) is 0. The average Bonchev–Trinajstić information content (AvgIpc) is 3.57. The summed E-state index contributed by atoms with van der Waals surface area (Å²) < 4.78 is 13.4. The fourth-order valence-electron chi connectivity index (χ4n) is 3.76. The van der Waals surface area contributed by atoms with Crippen LogP contribution in [-0.2, 0) is 11.3 Å². The minimum Gasteiger partial charge on any atom is -0.497 e. The van der Waals surface area contributed by atoms with E-state index in [1.807, 2.05) is 74.2 Å². The fourth-order valence-corrected chi connectivity index (χ4v) is 3.95. The van der Waals surface area contributed by atoms with E-state index in [1.165, 1.54) is 12.8 Å². The molecule has 1 amide bonds. The summed E-state index contributed by atoms with van der Waals surface area (Å²) in [6.07, 6.45) is 2.36. The molecule has 0 unspecified atom stereocenters. The van der Waals surface area contributed by atoms with E-state index in [9.17, 15) is 4.79 Å². The van der Waals surface area contributed by atoms with Gasteiger partial charge in [-0.2, -0.15) is 5.10 Å². The molecule has 6 nitrogen and oxygen atoms in total. The number of methoxy groups -OCH3 is 1. The van der Waals surface area contributed by atoms with E-state index in [2.05, 4.69) is 0 Å². The summed E-state index contributed by atoms with van der Waals surface area (Å²) >= 11 is 6.26. The standard InChI is InChI=1S/C26H30ClN3O3/c1-17(2)25(31)29(15-19-8-9-19)16-24-18(3)28-30(21-7-5-6-20(27)14-21)26(24)33-23-12-10-22(32-4)11-13-23/h5-7,10-14,17,19H,8-9,15-16H2,1-4H3. The summed E-state index contributed by atoms with van der Waals surface area (Å²) in [7, 11) is 1.63. The van der Waals surface area contributed by atoms with Gasteiger partial charge in [0.2, 0.25) is 11.8 Å². The third-order valence-electron chi connectivity index (χ3n) is 5.79. The van der Waals surface area contributed by atoms with Gasteiger partial charge in [0.05, 0.1) is 30.6 Å². The number of ether oxygens (including phenoxy) is 2. The quantitative estimate of drug-likeness (QED) is 0.385. The molecule has 1 heterocycles. The highest BCUT2D eigenvalue weighted by atomic mass is 35.5. The zero-order valence-corrected chi connectivity index (χ0v) is 20.3. The van der Waals surface area contributed by atoms with Gasteiger partial charge in [-0.15, -0.1) is 0 Å². The first kappa shape index (κ1) is 23.2. The van der Waals surface area contributed by atoms with Crippen molar-refractivity contribution in [3.8, 4) is 23.1 Å². The first-order chi connectivity index (χ1) is 15.9. The van der Waals surface area contributed by atoms with E-state index in [1.54, 1.807) is 11.8 Å². The average molecular weight is 468 g/mol. The van der Waals surface area contributed by atoms with Gasteiger partial charge in [0.25, 0.3) is 0 Å². The molecule has 1 aromatic heterocycles. The Hall–Kier alpha value is -2.99. The second-order valence-corrected chi connectivity index (χ2v) is 9.29. The molecule has 1 aliphatic carbocycles. The highest BCUT2D eigenvalue weighted by molar-refractivity contribution is 6.30. The molecule has 0 spiro atoms. The number of nitrogens with zero attached hydrogens (tertiary/aromatic N) is 3. The summed E-state index contributed by atoms with van der Waals surface area (Å²) in [6.45, 7) is 7.05. The van der Waals surface area contributed by atoms with E-state index in [0.717, 1.165) is 29.2 Å². The van der Waals surface area contributed by atoms with Crippen molar-refractivity contribution in [2.45, 2.75) is 40.2 Å². The third kappa shape index (κ3) is 5.50. The molecule has 0 N–H and O–H groups in total. The smallest absolute Gasteiger partial charge is 0.227 e. The van der Waals surface area contributed by atoms with E-state index in [0.29, 0.717) is 29.1 Å². The van der Waals surface area contributed by atoms with Crippen molar-refractivity contribution in [2.24, 2.45) is 11.8 Å². The molecule has 0 bridgehead atoms. The summed E-state index contributed by atoms with van der Waals surface area (Å²) in [5, 5.41) is 5.39. The first-order valence-corrected chi connectivity index (χ1v) is 11.7. The summed E-state index contributed by atoms with van der Waals surface area (Å²) in [5.74, 6) is 2.65. The third-order valence-corrected chi connectivity index (χ3v) is 6.03. The van der Waals surface area contributed by atoms with Crippen molar-refractivity contribution in [1.82, 2.24) is 14.7 Å². The molecule has 7 heteroatoms. The maximum absolute atomic E-state index is 13.0. The van der Waals surface area contributed by atoms with Crippen LogP contribution in [-0.4, -0.2) is 34.2 Å². The summed E-state index contributed by atoms with van der Waals surface area (Å²) in [5.41, 5.74) is 2.50. The van der Waals surface area contributed by atoms with Crippen molar-refractivity contribution in [1.29, 1.82) is 0 Å². The number of benzene rings is 2. The van der Waals surface area contributed by atoms with Gasteiger partial charge in [-0.3, -0.25) is 4.79 Å². The lowest BCUT2D eigenvalue weighted by Crippen LogP contribution is -2.35. The molecule has 3 aromatic rings. The number of amides is 1. The molecule has 4 rings (SSSR count). The van der Waals surface area contributed by atoms with Crippen molar-refractivity contribution < 1.29 is 14.3 Å². The highest BCUT2D eigenvalue weighted by Gasteiger charge is 2.30. The second-order valence-electron chi connectivity index (χ2n) is 8.86. The Balaban J connectivity index is 1.75. The van der Waals surface area contributed by atoms with Crippen LogP contribution in [0, 0.1) is 18.8 Å². The van der Waals surface area contributed by atoms with Crippen molar-refractivity contribution in [3.63, 3.8) is 0 Å². The maximum atomic E-state index is 13.0. The molecule has 0 radical (unpaired) electrons. The van der Waals surface area contributed by atoms with Gasteiger partial charge >= 0.3 is 0 Å². The molecule has 0 saturated heterocycles. The Labute approximate surface area is 200 Å². The first-order valence-electron chi connectivity index (χ1n) is 11.3. The van der Waals surface area contributed by atoms with Gasteiger partial charge in [0, 0.05) is 17.5 Å². The van der Waals surface area contributed by atoms with Crippen molar-refractivity contribution in [2.75, 3.05) is 13.7 Å². The monoisotopic (exact) mass is 467 g/mol. The number of carbonyl (C=O) groups excluding carboxylic acids is 1. The Kier molecular flexibility index (Phi) is 6.94. The Morgan fingerprint density at radius 2 is 1.88 bits per heavy atom. The lowest BCUT2D eigenvalue weighted by molar-refractivity contribution is -0.135. The van der Waals surface area contributed by atoms with Crippen LogP contribution in [0.5, 0.6) is 17.4 Å². The van der Waals surface area contributed by atoms with Crippen LogP contribution in [0.15, 0.2) is 48.5 Å². The zero-order chi connectivity index (χ0) is 23.5. The largest absolute Gasteiger partial charge is 0.497 e. The molecule has 1 aliphatic rings. The number of rotatable bonds is 9. The molecule has 174 valence electrons. The minimum atomic E-state index is -0.0713. The van der Waals surface area contributed by atoms with E-state index >= 15 is 0 Å². The number of hydrogen-bond acceptors (Lipinski definition) is 4. The minimum absolute atomic E-state index is 0.0713. The van der Waals surface area contributed by atoms with E-state index in [4.69, 9.17) is 26.2 Å². The van der Waals surface area contributed by atoms with Crippen LogP contribution in [0.25, 0.3) is 5.69 Å². The van der Waals surface area contributed by atoms with Gasteiger partial charge in [0.1, 0.15) is 11.5 Å². The Morgan fingerprint density at radius 1 is 1.18 bits per heavy atom. The van der Waals surface area contributed by atoms with Crippen LogP contribution in [0.3, 0.4) is 0 Å². The van der Waals surface area contributed by atoms with Crippen LogP contribution < -0.4 is 9.47 Å². The van der Waals surface area contributed by atoms with Gasteiger partial charge in [0.15, 0.2) is 0 Å². The van der Waals surface area contributed by atoms with Crippen molar-refractivity contribution >= 4 is 17.5 Å². The number of halogens is 1. The van der Waals surface area contributed by atoms with Gasteiger partial charge < -0.3 is 14.4 Å². The molecule has 1 fully saturated rings. The SMILES string of the molecule is COc1ccc(Oc2c(CN(CC3CC3)C(=O)C(C)C)c(C)nn2-c2cccc(Cl)c2)cc1. The van der Waals surface area contributed by atoms with E-state index in [-0.39, 0.29) is 11.8 Å². The van der Waals surface area contributed by atoms with Crippen LogP contribution in [0.1, 0.15) is 37.9 Å². The topological polar surface area (TPSA) is 56.6 Å². The number of carbonyl (C=O) groups is 1. The van der Waals surface area contributed by atoms with Crippen LogP contribution in [0.4, 0.5) is 0 Å². The Bertz CT molecular complexity index is 1120. The van der Waals surface area contributed by atoms with Gasteiger partial charge in [-0.1, -0.05) is 31.5 Å². The molecule has 0 atom stereocenters. The lowest BCUT2D eigenvalue weighted by Gasteiger charge is -2.25.